The fourth-order valence-electron chi connectivity index (χ4n) is 2.37. The summed E-state index contributed by atoms with van der Waals surface area (Å²) in [5.74, 6) is 1.43. The molecular formula is C16H36N2O. The number of rotatable bonds is 14. The molecule has 3 nitrogen and oxygen atoms in total. The maximum atomic E-state index is 5.94. The molecule has 4 N–H and O–H groups in total. The predicted octanol–water partition coefficient (Wildman–Crippen LogP) is 3.31. The lowest BCUT2D eigenvalue weighted by molar-refractivity contribution is 0.0629. The topological polar surface area (TPSA) is 61.3 Å². The molecule has 0 fully saturated rings. The molecule has 0 aliphatic carbocycles. The van der Waals surface area contributed by atoms with Crippen LogP contribution in [0.5, 0.6) is 0 Å². The molecule has 0 aliphatic rings. The standard InChI is InChI=1S/C16H36N2O/c1-3-15(9-5-7-11-17)13-19-14-16(4-2)10-6-8-12-18/h15-16H,3-14,17-18H2,1-2H3. The zero-order valence-corrected chi connectivity index (χ0v) is 13.2. The SMILES string of the molecule is CCC(CCCCN)COCC(CC)CCCCN. The van der Waals surface area contributed by atoms with Crippen molar-refractivity contribution in [2.75, 3.05) is 26.3 Å². The van der Waals surface area contributed by atoms with Crippen molar-refractivity contribution in [1.82, 2.24) is 0 Å². The third-order valence-electron chi connectivity index (χ3n) is 3.99. The van der Waals surface area contributed by atoms with Gasteiger partial charge in [-0.15, -0.1) is 0 Å². The number of nitrogens with two attached hydrogens (primary N) is 2. The van der Waals surface area contributed by atoms with Crippen molar-refractivity contribution >= 4 is 0 Å². The van der Waals surface area contributed by atoms with E-state index in [1.165, 1.54) is 38.5 Å². The summed E-state index contributed by atoms with van der Waals surface area (Å²) in [4.78, 5) is 0. The van der Waals surface area contributed by atoms with Crippen LogP contribution in [0.2, 0.25) is 0 Å². The van der Waals surface area contributed by atoms with Gasteiger partial charge in [-0.25, -0.2) is 0 Å². The van der Waals surface area contributed by atoms with E-state index in [1.54, 1.807) is 0 Å². The molecule has 2 unspecified atom stereocenters. The molecule has 2 atom stereocenters. The number of hydrogen-bond acceptors (Lipinski definition) is 3. The van der Waals surface area contributed by atoms with Gasteiger partial charge in [0.05, 0.1) is 0 Å². The van der Waals surface area contributed by atoms with Crippen LogP contribution in [0.3, 0.4) is 0 Å². The maximum absolute atomic E-state index is 5.94. The Hall–Kier alpha value is -0.120. The van der Waals surface area contributed by atoms with Gasteiger partial charge < -0.3 is 16.2 Å². The van der Waals surface area contributed by atoms with Gasteiger partial charge >= 0.3 is 0 Å². The molecule has 116 valence electrons. The Morgan fingerprint density at radius 1 is 0.737 bits per heavy atom. The van der Waals surface area contributed by atoms with Gasteiger partial charge in [0.1, 0.15) is 0 Å². The summed E-state index contributed by atoms with van der Waals surface area (Å²) in [6.45, 7) is 8.00. The molecule has 0 spiro atoms. The van der Waals surface area contributed by atoms with Crippen LogP contribution >= 0.6 is 0 Å². The van der Waals surface area contributed by atoms with Crippen molar-refractivity contribution in [3.63, 3.8) is 0 Å². The van der Waals surface area contributed by atoms with E-state index in [0.717, 1.165) is 39.1 Å². The summed E-state index contributed by atoms with van der Waals surface area (Å²) in [6.07, 6.45) is 9.73. The van der Waals surface area contributed by atoms with E-state index in [2.05, 4.69) is 13.8 Å². The van der Waals surface area contributed by atoms with Gasteiger partial charge in [-0.1, -0.05) is 39.5 Å². The van der Waals surface area contributed by atoms with Crippen LogP contribution in [-0.4, -0.2) is 26.3 Å². The molecule has 0 rings (SSSR count). The highest BCUT2D eigenvalue weighted by atomic mass is 16.5. The van der Waals surface area contributed by atoms with E-state index >= 15 is 0 Å². The summed E-state index contributed by atoms with van der Waals surface area (Å²) in [7, 11) is 0. The van der Waals surface area contributed by atoms with Gasteiger partial charge in [-0.05, 0) is 50.6 Å². The van der Waals surface area contributed by atoms with Crippen molar-refractivity contribution < 1.29 is 4.74 Å². The molecule has 0 amide bonds. The molecule has 0 aromatic heterocycles. The highest BCUT2D eigenvalue weighted by Gasteiger charge is 2.10. The smallest absolute Gasteiger partial charge is 0.0494 e. The van der Waals surface area contributed by atoms with E-state index in [9.17, 15) is 0 Å². The van der Waals surface area contributed by atoms with Gasteiger partial charge in [0.15, 0.2) is 0 Å². The summed E-state index contributed by atoms with van der Waals surface area (Å²) in [5, 5.41) is 0. The summed E-state index contributed by atoms with van der Waals surface area (Å²) in [5.41, 5.74) is 11.1. The second kappa shape index (κ2) is 14.3. The highest BCUT2D eigenvalue weighted by molar-refractivity contribution is 4.60. The Labute approximate surface area is 120 Å². The second-order valence-corrected chi connectivity index (χ2v) is 5.65. The summed E-state index contributed by atoms with van der Waals surface area (Å²) < 4.78 is 5.94. The minimum absolute atomic E-state index is 0.716. The van der Waals surface area contributed by atoms with Crippen molar-refractivity contribution in [2.45, 2.75) is 65.2 Å². The van der Waals surface area contributed by atoms with Crippen LogP contribution < -0.4 is 11.5 Å². The number of unbranched alkanes of at least 4 members (excludes halogenated alkanes) is 2. The molecular weight excluding hydrogens is 236 g/mol. The first-order valence-corrected chi connectivity index (χ1v) is 8.26. The normalized spacial score (nSPS) is 14.5. The minimum Gasteiger partial charge on any atom is -0.381 e. The Kier molecular flexibility index (Phi) is 14.2. The Morgan fingerprint density at radius 3 is 1.47 bits per heavy atom. The average Bonchev–Trinajstić information content (AvgIpc) is 2.44. The van der Waals surface area contributed by atoms with E-state index < -0.39 is 0 Å². The zero-order chi connectivity index (χ0) is 14.3. The van der Waals surface area contributed by atoms with Gasteiger partial charge in [0, 0.05) is 13.2 Å². The van der Waals surface area contributed by atoms with Gasteiger partial charge in [-0.2, -0.15) is 0 Å². The van der Waals surface area contributed by atoms with Crippen LogP contribution in [0.15, 0.2) is 0 Å². The molecule has 0 saturated heterocycles. The fourth-order valence-corrected chi connectivity index (χ4v) is 2.37. The van der Waals surface area contributed by atoms with Gasteiger partial charge in [0.25, 0.3) is 0 Å². The van der Waals surface area contributed by atoms with Crippen LogP contribution in [-0.2, 0) is 4.74 Å². The monoisotopic (exact) mass is 272 g/mol. The molecule has 3 heteroatoms. The van der Waals surface area contributed by atoms with Crippen molar-refractivity contribution in [3.05, 3.63) is 0 Å². The van der Waals surface area contributed by atoms with Gasteiger partial charge in [-0.3, -0.25) is 0 Å². The Morgan fingerprint density at radius 2 is 1.16 bits per heavy atom. The molecule has 0 bridgehead atoms. The predicted molar refractivity (Wildman–Crippen MR) is 84.2 cm³/mol. The van der Waals surface area contributed by atoms with E-state index in [4.69, 9.17) is 16.2 Å². The fraction of sp³-hybridized carbons (Fsp3) is 1.00. The minimum atomic E-state index is 0.716. The summed E-state index contributed by atoms with van der Waals surface area (Å²) >= 11 is 0. The Bertz CT molecular complexity index is 158. The molecule has 0 radical (unpaired) electrons. The van der Waals surface area contributed by atoms with Crippen LogP contribution in [0.4, 0.5) is 0 Å². The quantitative estimate of drug-likeness (QED) is 0.477. The molecule has 0 aromatic rings. The highest BCUT2D eigenvalue weighted by Crippen LogP contribution is 2.16. The lowest BCUT2D eigenvalue weighted by Crippen LogP contribution is -2.15. The van der Waals surface area contributed by atoms with E-state index in [1.807, 2.05) is 0 Å². The summed E-state index contributed by atoms with van der Waals surface area (Å²) in [6, 6.07) is 0. The van der Waals surface area contributed by atoms with Gasteiger partial charge in [0.2, 0.25) is 0 Å². The number of ether oxygens (including phenoxy) is 1. The first kappa shape index (κ1) is 18.9. The van der Waals surface area contributed by atoms with E-state index in [0.29, 0.717) is 11.8 Å². The third kappa shape index (κ3) is 11.4. The van der Waals surface area contributed by atoms with E-state index in [-0.39, 0.29) is 0 Å². The van der Waals surface area contributed by atoms with Crippen molar-refractivity contribution in [3.8, 4) is 0 Å². The lowest BCUT2D eigenvalue weighted by Gasteiger charge is -2.19. The maximum Gasteiger partial charge on any atom is 0.0494 e. The molecule has 0 aromatic carbocycles. The third-order valence-corrected chi connectivity index (χ3v) is 3.99. The average molecular weight is 272 g/mol. The van der Waals surface area contributed by atoms with Crippen molar-refractivity contribution in [2.24, 2.45) is 23.3 Å². The largest absolute Gasteiger partial charge is 0.381 e. The first-order chi connectivity index (χ1) is 9.28. The zero-order valence-electron chi connectivity index (χ0n) is 13.2. The molecule has 19 heavy (non-hydrogen) atoms. The van der Waals surface area contributed by atoms with Crippen LogP contribution in [0.25, 0.3) is 0 Å². The first-order valence-electron chi connectivity index (χ1n) is 8.26. The number of hydrogen-bond donors (Lipinski definition) is 2. The molecule has 0 heterocycles. The second-order valence-electron chi connectivity index (χ2n) is 5.65. The van der Waals surface area contributed by atoms with Crippen LogP contribution in [0.1, 0.15) is 65.2 Å². The van der Waals surface area contributed by atoms with Crippen molar-refractivity contribution in [1.29, 1.82) is 0 Å². The lowest BCUT2D eigenvalue weighted by atomic mass is 9.99. The molecule has 0 saturated carbocycles. The Balaban J connectivity index is 3.64. The molecule has 0 aliphatic heterocycles. The van der Waals surface area contributed by atoms with Crippen LogP contribution in [0, 0.1) is 11.8 Å².